The molecule has 0 bridgehead atoms. The first kappa shape index (κ1) is 14.6. The molecule has 18 heavy (non-hydrogen) atoms. The molecular formula is C13H11ClO3S. The minimum absolute atomic E-state index is 0.0193. The third-order valence-corrected chi connectivity index (χ3v) is 3.11. The van der Waals surface area contributed by atoms with Crippen LogP contribution in [-0.4, -0.2) is 21.9 Å². The number of hydrogen-bond donors (Lipinski definition) is 1. The molecule has 0 saturated heterocycles. The van der Waals surface area contributed by atoms with Crippen LogP contribution in [0.15, 0.2) is 18.2 Å². The van der Waals surface area contributed by atoms with Gasteiger partial charge in [-0.3, -0.25) is 4.79 Å². The molecule has 1 rings (SSSR count). The Morgan fingerprint density at radius 1 is 1.44 bits per heavy atom. The summed E-state index contributed by atoms with van der Waals surface area (Å²) in [6.07, 6.45) is 0.524. The van der Waals surface area contributed by atoms with E-state index < -0.39 is 5.97 Å². The van der Waals surface area contributed by atoms with Gasteiger partial charge in [0.2, 0.25) is 0 Å². The van der Waals surface area contributed by atoms with E-state index in [9.17, 15) is 9.59 Å². The maximum Gasteiger partial charge on any atom is 0.338 e. The standard InChI is InChI=1S/C13H11ClO3S/c1-9(15)18-8-3-2-5-10-6-4-7-11(14)12(10)13(16)17/h4,6-7H,3,8H2,1H3,(H,16,17). The Morgan fingerprint density at radius 3 is 2.78 bits per heavy atom. The van der Waals surface area contributed by atoms with Crippen LogP contribution < -0.4 is 0 Å². The summed E-state index contributed by atoms with van der Waals surface area (Å²) >= 11 is 7.00. The molecule has 0 heterocycles. The molecule has 94 valence electrons. The van der Waals surface area contributed by atoms with Crippen LogP contribution in [0.4, 0.5) is 0 Å². The van der Waals surface area contributed by atoms with Crippen molar-refractivity contribution in [2.45, 2.75) is 13.3 Å². The SMILES string of the molecule is CC(=O)SCCC#Cc1cccc(Cl)c1C(=O)O. The van der Waals surface area contributed by atoms with Gasteiger partial charge in [-0.05, 0) is 12.1 Å². The summed E-state index contributed by atoms with van der Waals surface area (Å²) < 4.78 is 0. The number of aromatic carboxylic acids is 1. The molecule has 1 aromatic rings. The van der Waals surface area contributed by atoms with Crippen LogP contribution in [-0.2, 0) is 4.79 Å². The van der Waals surface area contributed by atoms with Crippen molar-refractivity contribution in [3.63, 3.8) is 0 Å². The third kappa shape index (κ3) is 4.44. The zero-order valence-corrected chi connectivity index (χ0v) is 11.3. The summed E-state index contributed by atoms with van der Waals surface area (Å²) in [5.74, 6) is 5.11. The first-order valence-corrected chi connectivity index (χ1v) is 6.52. The maximum atomic E-state index is 11.0. The van der Waals surface area contributed by atoms with E-state index in [0.717, 1.165) is 0 Å². The molecule has 0 aliphatic heterocycles. The van der Waals surface area contributed by atoms with E-state index in [1.165, 1.54) is 24.8 Å². The summed E-state index contributed by atoms with van der Waals surface area (Å²) in [4.78, 5) is 21.7. The number of carbonyl (C=O) groups is 2. The smallest absolute Gasteiger partial charge is 0.338 e. The predicted molar refractivity (Wildman–Crippen MR) is 73.0 cm³/mol. The van der Waals surface area contributed by atoms with E-state index in [2.05, 4.69) is 11.8 Å². The zero-order chi connectivity index (χ0) is 13.5. The van der Waals surface area contributed by atoms with Crippen molar-refractivity contribution in [3.05, 3.63) is 34.3 Å². The Morgan fingerprint density at radius 2 is 2.17 bits per heavy atom. The van der Waals surface area contributed by atoms with Gasteiger partial charge < -0.3 is 5.11 Å². The number of carboxylic acid groups (broad SMARTS) is 1. The molecule has 0 unspecified atom stereocenters. The van der Waals surface area contributed by atoms with Gasteiger partial charge in [-0.15, -0.1) is 0 Å². The van der Waals surface area contributed by atoms with Gasteiger partial charge in [0.15, 0.2) is 5.12 Å². The van der Waals surface area contributed by atoms with Crippen LogP contribution in [0.25, 0.3) is 0 Å². The molecule has 0 aliphatic carbocycles. The highest BCUT2D eigenvalue weighted by molar-refractivity contribution is 8.13. The molecule has 0 amide bonds. The highest BCUT2D eigenvalue weighted by Crippen LogP contribution is 2.19. The van der Waals surface area contributed by atoms with Crippen LogP contribution in [0.2, 0.25) is 5.02 Å². The topological polar surface area (TPSA) is 54.4 Å². The molecule has 0 radical (unpaired) electrons. The van der Waals surface area contributed by atoms with Crippen LogP contribution in [0, 0.1) is 11.8 Å². The van der Waals surface area contributed by atoms with Crippen molar-refractivity contribution in [1.82, 2.24) is 0 Å². The average molecular weight is 283 g/mol. The van der Waals surface area contributed by atoms with Gasteiger partial charge in [0, 0.05) is 24.7 Å². The Balaban J connectivity index is 2.79. The van der Waals surface area contributed by atoms with Gasteiger partial charge in [-0.2, -0.15) is 0 Å². The van der Waals surface area contributed by atoms with Crippen molar-refractivity contribution >= 4 is 34.4 Å². The van der Waals surface area contributed by atoms with E-state index in [4.69, 9.17) is 16.7 Å². The second-order valence-electron chi connectivity index (χ2n) is 3.36. The second kappa shape index (κ2) is 7.10. The fourth-order valence-corrected chi connectivity index (χ4v) is 2.00. The first-order chi connectivity index (χ1) is 8.52. The molecule has 0 aliphatic rings. The van der Waals surface area contributed by atoms with Crippen molar-refractivity contribution in [2.24, 2.45) is 0 Å². The van der Waals surface area contributed by atoms with Crippen LogP contribution in [0.5, 0.6) is 0 Å². The summed E-state index contributed by atoms with van der Waals surface area (Å²) in [5.41, 5.74) is 0.411. The molecule has 0 fully saturated rings. The normalized spacial score (nSPS) is 9.44. The Labute approximate surface area is 115 Å². The largest absolute Gasteiger partial charge is 0.478 e. The number of benzene rings is 1. The van der Waals surface area contributed by atoms with E-state index >= 15 is 0 Å². The summed E-state index contributed by atoms with van der Waals surface area (Å²) in [6.45, 7) is 1.50. The molecule has 0 atom stereocenters. The summed E-state index contributed by atoms with van der Waals surface area (Å²) in [6, 6.07) is 4.78. The molecule has 0 saturated carbocycles. The van der Waals surface area contributed by atoms with E-state index in [-0.39, 0.29) is 15.7 Å². The molecule has 3 nitrogen and oxygen atoms in total. The monoisotopic (exact) mass is 282 g/mol. The highest BCUT2D eigenvalue weighted by Gasteiger charge is 2.12. The van der Waals surface area contributed by atoms with Crippen molar-refractivity contribution in [1.29, 1.82) is 0 Å². The zero-order valence-electron chi connectivity index (χ0n) is 9.70. The Kier molecular flexibility index (Phi) is 5.76. The molecule has 1 aromatic carbocycles. The van der Waals surface area contributed by atoms with E-state index in [1.807, 2.05) is 0 Å². The lowest BCUT2D eigenvalue weighted by Crippen LogP contribution is -2.01. The lowest BCUT2D eigenvalue weighted by atomic mass is 10.1. The van der Waals surface area contributed by atoms with Crippen LogP contribution in [0.1, 0.15) is 29.3 Å². The van der Waals surface area contributed by atoms with Gasteiger partial charge in [0.25, 0.3) is 0 Å². The summed E-state index contributed by atoms with van der Waals surface area (Å²) in [7, 11) is 0. The van der Waals surface area contributed by atoms with E-state index in [1.54, 1.807) is 12.1 Å². The van der Waals surface area contributed by atoms with Crippen molar-refractivity contribution in [3.8, 4) is 11.8 Å². The fraction of sp³-hybridized carbons (Fsp3) is 0.231. The number of carboxylic acids is 1. The van der Waals surface area contributed by atoms with Gasteiger partial charge >= 0.3 is 5.97 Å². The Hall–Kier alpha value is -1.44. The number of rotatable bonds is 3. The van der Waals surface area contributed by atoms with E-state index in [0.29, 0.717) is 17.7 Å². The minimum Gasteiger partial charge on any atom is -0.478 e. The minimum atomic E-state index is -1.09. The highest BCUT2D eigenvalue weighted by atomic mass is 35.5. The Bertz CT molecular complexity index is 529. The fourth-order valence-electron chi connectivity index (χ4n) is 1.25. The molecule has 1 N–H and O–H groups in total. The molecular weight excluding hydrogens is 272 g/mol. The van der Waals surface area contributed by atoms with Crippen molar-refractivity contribution < 1.29 is 14.7 Å². The van der Waals surface area contributed by atoms with Gasteiger partial charge in [-0.1, -0.05) is 41.3 Å². The van der Waals surface area contributed by atoms with Gasteiger partial charge in [0.05, 0.1) is 10.6 Å². The third-order valence-electron chi connectivity index (χ3n) is 1.98. The summed E-state index contributed by atoms with van der Waals surface area (Å²) in [5, 5.41) is 9.24. The lowest BCUT2D eigenvalue weighted by Gasteiger charge is -2.00. The number of halogens is 1. The molecule has 5 heteroatoms. The first-order valence-electron chi connectivity index (χ1n) is 5.16. The second-order valence-corrected chi connectivity index (χ2v) is 5.04. The number of carbonyl (C=O) groups excluding carboxylic acids is 1. The number of hydrogen-bond acceptors (Lipinski definition) is 3. The number of thioether (sulfide) groups is 1. The van der Waals surface area contributed by atoms with Gasteiger partial charge in [0.1, 0.15) is 0 Å². The molecule has 0 aromatic heterocycles. The van der Waals surface area contributed by atoms with Crippen LogP contribution in [0.3, 0.4) is 0 Å². The maximum absolute atomic E-state index is 11.0. The van der Waals surface area contributed by atoms with Crippen molar-refractivity contribution in [2.75, 3.05) is 5.75 Å². The predicted octanol–water partition coefficient (Wildman–Crippen LogP) is 3.06. The van der Waals surface area contributed by atoms with Crippen LogP contribution >= 0.6 is 23.4 Å². The average Bonchev–Trinajstić information content (AvgIpc) is 2.27. The molecule has 0 spiro atoms. The quantitative estimate of drug-likeness (QED) is 0.684. The van der Waals surface area contributed by atoms with Gasteiger partial charge in [-0.25, -0.2) is 4.79 Å². The lowest BCUT2D eigenvalue weighted by molar-refractivity contribution is -0.109.